The summed E-state index contributed by atoms with van der Waals surface area (Å²) in [5.41, 5.74) is 0. The molecule has 0 atom stereocenters. The maximum Gasteiger partial charge on any atom is 0.234 e. The van der Waals surface area contributed by atoms with Crippen LogP contribution in [0.15, 0.2) is 12.4 Å². The van der Waals surface area contributed by atoms with Crippen molar-refractivity contribution in [3.8, 4) is 5.88 Å². The van der Waals surface area contributed by atoms with Gasteiger partial charge in [-0.25, -0.2) is 0 Å². The number of rotatable bonds is 5. The van der Waals surface area contributed by atoms with E-state index in [1.165, 1.54) is 0 Å². The molecule has 0 radical (unpaired) electrons. The number of anilines is 1. The molecule has 1 aliphatic rings. The van der Waals surface area contributed by atoms with Crippen molar-refractivity contribution in [2.45, 2.75) is 38.2 Å². The zero-order valence-corrected chi connectivity index (χ0v) is 11.9. The van der Waals surface area contributed by atoms with Gasteiger partial charge in [0, 0.05) is 19.0 Å². The molecular formula is C13H20ClN3O. The molecule has 0 N–H and O–H groups in total. The summed E-state index contributed by atoms with van der Waals surface area (Å²) >= 11 is 5.99. The predicted molar refractivity (Wildman–Crippen MR) is 73.4 cm³/mol. The van der Waals surface area contributed by atoms with Crippen LogP contribution in [0.5, 0.6) is 5.88 Å². The fourth-order valence-corrected chi connectivity index (χ4v) is 2.61. The molecule has 0 saturated heterocycles. The van der Waals surface area contributed by atoms with E-state index in [4.69, 9.17) is 16.3 Å². The lowest BCUT2D eigenvalue weighted by Crippen LogP contribution is -2.35. The number of halogens is 1. The first-order valence-electron chi connectivity index (χ1n) is 6.38. The van der Waals surface area contributed by atoms with Gasteiger partial charge in [-0.1, -0.05) is 0 Å². The Balaban J connectivity index is 1.94. The minimum Gasteiger partial charge on any atom is -0.474 e. The third-order valence-electron chi connectivity index (χ3n) is 3.06. The summed E-state index contributed by atoms with van der Waals surface area (Å²) in [6, 6.07) is 0. The molecule has 0 aromatic carbocycles. The first kappa shape index (κ1) is 13.4. The zero-order valence-electron chi connectivity index (χ0n) is 11.1. The molecule has 4 nitrogen and oxygen atoms in total. The fourth-order valence-electron chi connectivity index (χ4n) is 2.10. The number of alkyl halides is 1. The molecule has 18 heavy (non-hydrogen) atoms. The minimum absolute atomic E-state index is 0.114. The Bertz CT molecular complexity index is 394. The molecule has 1 aliphatic carbocycles. The first-order chi connectivity index (χ1) is 8.54. The van der Waals surface area contributed by atoms with Crippen molar-refractivity contribution in [1.82, 2.24) is 9.97 Å². The highest BCUT2D eigenvalue weighted by molar-refractivity contribution is 6.21. The highest BCUT2D eigenvalue weighted by Gasteiger charge is 2.28. The van der Waals surface area contributed by atoms with Gasteiger partial charge >= 0.3 is 0 Å². The van der Waals surface area contributed by atoms with E-state index in [9.17, 15) is 0 Å². The van der Waals surface area contributed by atoms with Crippen LogP contribution in [0.1, 0.15) is 26.7 Å². The van der Waals surface area contributed by atoms with Crippen molar-refractivity contribution < 1.29 is 4.74 Å². The van der Waals surface area contributed by atoms with Gasteiger partial charge in [0.15, 0.2) is 5.82 Å². The largest absolute Gasteiger partial charge is 0.474 e. The van der Waals surface area contributed by atoms with Gasteiger partial charge in [-0.3, -0.25) is 4.98 Å². The fraction of sp³-hybridized carbons (Fsp3) is 0.692. The number of aromatic nitrogens is 2. The van der Waals surface area contributed by atoms with Crippen LogP contribution in [0.4, 0.5) is 5.82 Å². The molecule has 0 amide bonds. The van der Waals surface area contributed by atoms with Gasteiger partial charge in [-0.15, -0.1) is 11.6 Å². The van der Waals surface area contributed by atoms with Crippen molar-refractivity contribution in [3.05, 3.63) is 12.4 Å². The normalized spacial score (nSPS) is 22.7. The SMILES string of the molecule is CC(C)Oc1cncc(N(C)CC2CC(Cl)C2)n1. The summed E-state index contributed by atoms with van der Waals surface area (Å²) < 4.78 is 5.55. The summed E-state index contributed by atoms with van der Waals surface area (Å²) in [5.74, 6) is 2.11. The van der Waals surface area contributed by atoms with E-state index in [-0.39, 0.29) is 6.10 Å². The van der Waals surface area contributed by atoms with Crippen molar-refractivity contribution in [2.75, 3.05) is 18.5 Å². The Hall–Kier alpha value is -1.03. The van der Waals surface area contributed by atoms with Crippen LogP contribution in [0.3, 0.4) is 0 Å². The van der Waals surface area contributed by atoms with Crippen molar-refractivity contribution in [2.24, 2.45) is 5.92 Å². The molecule has 1 aromatic heterocycles. The van der Waals surface area contributed by atoms with Crippen molar-refractivity contribution in [1.29, 1.82) is 0 Å². The second-order valence-electron chi connectivity index (χ2n) is 5.20. The molecule has 2 rings (SSSR count). The van der Waals surface area contributed by atoms with E-state index in [1.807, 2.05) is 20.9 Å². The van der Waals surface area contributed by atoms with Crippen LogP contribution >= 0.6 is 11.6 Å². The molecule has 0 spiro atoms. The summed E-state index contributed by atoms with van der Waals surface area (Å²) in [6.07, 6.45) is 5.73. The molecule has 1 saturated carbocycles. The average Bonchev–Trinajstić information content (AvgIpc) is 2.26. The van der Waals surface area contributed by atoms with Gasteiger partial charge in [0.2, 0.25) is 5.88 Å². The molecule has 0 aliphatic heterocycles. The molecule has 1 fully saturated rings. The predicted octanol–water partition coefficient (Wildman–Crippen LogP) is 2.72. The number of ether oxygens (including phenoxy) is 1. The monoisotopic (exact) mass is 269 g/mol. The van der Waals surface area contributed by atoms with E-state index >= 15 is 0 Å². The van der Waals surface area contributed by atoms with Crippen LogP contribution in [-0.4, -0.2) is 35.0 Å². The maximum atomic E-state index is 5.99. The van der Waals surface area contributed by atoms with Gasteiger partial charge in [0.05, 0.1) is 18.5 Å². The summed E-state index contributed by atoms with van der Waals surface area (Å²) in [6.45, 7) is 4.93. The number of hydrogen-bond donors (Lipinski definition) is 0. The second-order valence-corrected chi connectivity index (χ2v) is 5.81. The molecule has 100 valence electrons. The van der Waals surface area contributed by atoms with E-state index in [0.717, 1.165) is 25.2 Å². The Morgan fingerprint density at radius 2 is 2.17 bits per heavy atom. The van der Waals surface area contributed by atoms with E-state index in [2.05, 4.69) is 14.9 Å². The molecule has 1 aromatic rings. The lowest BCUT2D eigenvalue weighted by molar-refractivity contribution is 0.231. The Morgan fingerprint density at radius 3 is 2.78 bits per heavy atom. The first-order valence-corrected chi connectivity index (χ1v) is 6.82. The van der Waals surface area contributed by atoms with Crippen LogP contribution in [0.25, 0.3) is 0 Å². The van der Waals surface area contributed by atoms with Crippen LogP contribution in [0.2, 0.25) is 0 Å². The van der Waals surface area contributed by atoms with Gasteiger partial charge in [-0.05, 0) is 32.6 Å². The Labute approximate surface area is 113 Å². The Kier molecular flexibility index (Phi) is 4.27. The second kappa shape index (κ2) is 5.74. The lowest BCUT2D eigenvalue weighted by atomic mass is 9.84. The van der Waals surface area contributed by atoms with Gasteiger partial charge in [0.25, 0.3) is 0 Å². The van der Waals surface area contributed by atoms with E-state index in [1.54, 1.807) is 12.4 Å². The highest BCUT2D eigenvalue weighted by atomic mass is 35.5. The van der Waals surface area contributed by atoms with Gasteiger partial charge < -0.3 is 9.64 Å². The summed E-state index contributed by atoms with van der Waals surface area (Å²) in [7, 11) is 2.03. The lowest BCUT2D eigenvalue weighted by Gasteiger charge is -2.34. The molecule has 0 unspecified atom stereocenters. The third-order valence-corrected chi connectivity index (χ3v) is 3.41. The van der Waals surface area contributed by atoms with E-state index < -0.39 is 0 Å². The van der Waals surface area contributed by atoms with Crippen molar-refractivity contribution in [3.63, 3.8) is 0 Å². The van der Waals surface area contributed by atoms with Crippen molar-refractivity contribution >= 4 is 17.4 Å². The topological polar surface area (TPSA) is 38.2 Å². The maximum absolute atomic E-state index is 5.99. The standard InChI is InChI=1S/C13H20ClN3O/c1-9(2)18-13-7-15-6-12(16-13)17(3)8-10-4-11(14)5-10/h6-7,9-11H,4-5,8H2,1-3H3. The molecular weight excluding hydrogens is 250 g/mol. The number of hydrogen-bond acceptors (Lipinski definition) is 4. The van der Waals surface area contributed by atoms with Crippen LogP contribution in [-0.2, 0) is 0 Å². The van der Waals surface area contributed by atoms with E-state index in [0.29, 0.717) is 17.2 Å². The Morgan fingerprint density at radius 1 is 1.44 bits per heavy atom. The quantitative estimate of drug-likeness (QED) is 0.771. The van der Waals surface area contributed by atoms with Gasteiger partial charge in [-0.2, -0.15) is 4.98 Å². The smallest absolute Gasteiger partial charge is 0.234 e. The number of nitrogens with zero attached hydrogens (tertiary/aromatic N) is 3. The zero-order chi connectivity index (χ0) is 13.1. The van der Waals surface area contributed by atoms with Crippen LogP contribution in [0, 0.1) is 5.92 Å². The molecule has 1 heterocycles. The molecule has 5 heteroatoms. The highest BCUT2D eigenvalue weighted by Crippen LogP contribution is 2.32. The van der Waals surface area contributed by atoms with Crippen LogP contribution < -0.4 is 9.64 Å². The van der Waals surface area contributed by atoms with Gasteiger partial charge in [0.1, 0.15) is 0 Å². The average molecular weight is 270 g/mol. The molecule has 0 bridgehead atoms. The summed E-state index contributed by atoms with van der Waals surface area (Å²) in [4.78, 5) is 10.7. The summed E-state index contributed by atoms with van der Waals surface area (Å²) in [5, 5.41) is 0.366. The minimum atomic E-state index is 0.114. The third kappa shape index (κ3) is 3.48.